The average molecular weight is 396 g/mol. The Morgan fingerprint density at radius 1 is 1.25 bits per heavy atom. The number of amides is 1. The first-order chi connectivity index (χ1) is 13.0. The first-order valence-electron chi connectivity index (χ1n) is 9.68. The van der Waals surface area contributed by atoms with Crippen LogP contribution in [0.4, 0.5) is 19.3 Å². The number of nitrogens with one attached hydrogen (secondary N) is 1. The number of ketones is 1. The predicted octanol–water partition coefficient (Wildman–Crippen LogP) is 4.80. The summed E-state index contributed by atoms with van der Waals surface area (Å²) in [6.07, 6.45) is 0.266. The minimum Gasteiger partial charge on any atom is -0.444 e. The summed E-state index contributed by atoms with van der Waals surface area (Å²) < 4.78 is 31.9. The first kappa shape index (κ1) is 22.1. The summed E-state index contributed by atoms with van der Waals surface area (Å²) in [4.78, 5) is 26.1. The lowest BCUT2D eigenvalue weighted by molar-refractivity contribution is -0.0378. The third kappa shape index (κ3) is 6.77. The van der Waals surface area contributed by atoms with Gasteiger partial charge >= 0.3 is 6.09 Å². The third-order valence-electron chi connectivity index (χ3n) is 4.83. The van der Waals surface area contributed by atoms with Crippen LogP contribution in [0.5, 0.6) is 0 Å². The van der Waals surface area contributed by atoms with E-state index in [1.165, 1.54) is 0 Å². The van der Waals surface area contributed by atoms with Gasteiger partial charge in [0.15, 0.2) is 5.78 Å². The molecule has 0 atom stereocenters. The Labute approximate surface area is 165 Å². The first-order valence-corrected chi connectivity index (χ1v) is 9.68. The Morgan fingerprint density at radius 2 is 1.89 bits per heavy atom. The molecule has 1 aromatic carbocycles. The Hall–Kier alpha value is -2.18. The highest BCUT2D eigenvalue weighted by molar-refractivity contribution is 5.97. The Kier molecular flexibility index (Phi) is 7.01. The second kappa shape index (κ2) is 8.88. The van der Waals surface area contributed by atoms with Crippen molar-refractivity contribution in [3.8, 4) is 0 Å². The number of benzene rings is 1. The zero-order valence-corrected chi connectivity index (χ0v) is 17.1. The van der Waals surface area contributed by atoms with Crippen molar-refractivity contribution in [3.63, 3.8) is 0 Å². The van der Waals surface area contributed by atoms with E-state index in [0.717, 1.165) is 5.69 Å². The maximum absolute atomic E-state index is 13.4. The number of hydrogen-bond donors (Lipinski definition) is 1. The molecule has 1 N–H and O–H groups in total. The molecular weight excluding hydrogens is 366 g/mol. The SMILES string of the molecule is CN(c1cccc(C(=O)CCNC(=O)OC(C)(C)C)c1)C1CCC(F)(F)CC1. The van der Waals surface area contributed by atoms with Crippen molar-refractivity contribution in [2.45, 2.75) is 70.4 Å². The van der Waals surface area contributed by atoms with Crippen molar-refractivity contribution in [1.29, 1.82) is 0 Å². The molecule has 0 unspecified atom stereocenters. The van der Waals surface area contributed by atoms with Gasteiger partial charge in [-0.25, -0.2) is 13.6 Å². The van der Waals surface area contributed by atoms with Crippen molar-refractivity contribution in [2.24, 2.45) is 0 Å². The molecule has 156 valence electrons. The number of anilines is 1. The van der Waals surface area contributed by atoms with E-state index in [1.54, 1.807) is 39.0 Å². The molecule has 1 aliphatic carbocycles. The van der Waals surface area contributed by atoms with Crippen LogP contribution in [0.2, 0.25) is 0 Å². The molecule has 0 aromatic heterocycles. The van der Waals surface area contributed by atoms with Gasteiger partial charge in [-0.1, -0.05) is 12.1 Å². The maximum Gasteiger partial charge on any atom is 0.407 e. The van der Waals surface area contributed by atoms with Gasteiger partial charge in [0.25, 0.3) is 0 Å². The second-order valence-corrected chi connectivity index (χ2v) is 8.35. The van der Waals surface area contributed by atoms with Gasteiger partial charge in [-0.3, -0.25) is 4.79 Å². The molecule has 1 amide bonds. The quantitative estimate of drug-likeness (QED) is 0.702. The predicted molar refractivity (Wildman–Crippen MR) is 105 cm³/mol. The monoisotopic (exact) mass is 396 g/mol. The summed E-state index contributed by atoms with van der Waals surface area (Å²) in [5.41, 5.74) is 0.786. The van der Waals surface area contributed by atoms with Crippen molar-refractivity contribution in [2.75, 3.05) is 18.5 Å². The lowest BCUT2D eigenvalue weighted by Gasteiger charge is -2.36. The van der Waals surface area contributed by atoms with Crippen molar-refractivity contribution >= 4 is 17.6 Å². The van der Waals surface area contributed by atoms with E-state index in [9.17, 15) is 18.4 Å². The van der Waals surface area contributed by atoms with E-state index in [1.807, 2.05) is 18.0 Å². The van der Waals surface area contributed by atoms with E-state index in [0.29, 0.717) is 18.4 Å². The summed E-state index contributed by atoms with van der Waals surface area (Å²) in [5, 5.41) is 2.57. The van der Waals surface area contributed by atoms with Gasteiger partial charge in [0.2, 0.25) is 5.92 Å². The zero-order valence-electron chi connectivity index (χ0n) is 17.1. The summed E-state index contributed by atoms with van der Waals surface area (Å²) in [6, 6.07) is 7.21. The number of rotatable bonds is 6. The number of alkyl carbamates (subject to hydrolysis) is 1. The van der Waals surface area contributed by atoms with E-state index in [4.69, 9.17) is 4.74 Å². The van der Waals surface area contributed by atoms with Gasteiger partial charge in [-0.2, -0.15) is 0 Å². The molecule has 2 rings (SSSR count). The van der Waals surface area contributed by atoms with Gasteiger partial charge in [-0.15, -0.1) is 0 Å². The molecule has 1 fully saturated rings. The summed E-state index contributed by atoms with van der Waals surface area (Å²) in [7, 11) is 1.88. The standard InChI is InChI=1S/C21H30F2N2O3/c1-20(2,3)28-19(27)24-13-10-18(26)15-6-5-7-17(14-15)25(4)16-8-11-21(22,23)12-9-16/h5-7,14,16H,8-13H2,1-4H3,(H,24,27). The van der Waals surface area contributed by atoms with E-state index in [-0.39, 0.29) is 37.6 Å². The van der Waals surface area contributed by atoms with E-state index >= 15 is 0 Å². The summed E-state index contributed by atoms with van der Waals surface area (Å²) in [5.74, 6) is -2.66. The topological polar surface area (TPSA) is 58.6 Å². The maximum atomic E-state index is 13.4. The molecule has 0 radical (unpaired) electrons. The van der Waals surface area contributed by atoms with E-state index in [2.05, 4.69) is 5.32 Å². The smallest absolute Gasteiger partial charge is 0.407 e. The second-order valence-electron chi connectivity index (χ2n) is 8.35. The number of alkyl halides is 2. The number of hydrogen-bond acceptors (Lipinski definition) is 4. The lowest BCUT2D eigenvalue weighted by atomic mass is 9.91. The molecule has 5 nitrogen and oxygen atoms in total. The summed E-state index contributed by atoms with van der Waals surface area (Å²) in [6.45, 7) is 5.50. The van der Waals surface area contributed by atoms with Crippen LogP contribution >= 0.6 is 0 Å². The van der Waals surface area contributed by atoms with Crippen LogP contribution < -0.4 is 10.2 Å². The van der Waals surface area contributed by atoms with Gasteiger partial charge in [0.1, 0.15) is 5.60 Å². The number of carbonyl (C=O) groups is 2. The van der Waals surface area contributed by atoms with Crippen molar-refractivity contribution in [3.05, 3.63) is 29.8 Å². The van der Waals surface area contributed by atoms with Gasteiger partial charge in [0, 0.05) is 50.1 Å². The van der Waals surface area contributed by atoms with E-state index < -0.39 is 17.6 Å². The average Bonchev–Trinajstić information content (AvgIpc) is 2.59. The molecule has 0 bridgehead atoms. The molecule has 28 heavy (non-hydrogen) atoms. The van der Waals surface area contributed by atoms with Gasteiger partial charge in [-0.05, 0) is 45.7 Å². The molecule has 1 aliphatic rings. The highest BCUT2D eigenvalue weighted by atomic mass is 19.3. The highest BCUT2D eigenvalue weighted by Gasteiger charge is 2.36. The van der Waals surface area contributed by atoms with Crippen LogP contribution in [0.1, 0.15) is 63.2 Å². The Bertz CT molecular complexity index is 691. The van der Waals surface area contributed by atoms with Crippen molar-refractivity contribution in [1.82, 2.24) is 5.32 Å². The minimum absolute atomic E-state index is 0.0406. The normalized spacial score (nSPS) is 17.1. The number of ether oxygens (including phenoxy) is 1. The minimum atomic E-state index is -2.56. The molecule has 1 aromatic rings. The van der Waals surface area contributed by atoms with Crippen LogP contribution in [0.25, 0.3) is 0 Å². The van der Waals surface area contributed by atoms with Crippen LogP contribution in [0.15, 0.2) is 24.3 Å². The number of carbonyl (C=O) groups excluding carboxylic acids is 2. The summed E-state index contributed by atoms with van der Waals surface area (Å²) >= 11 is 0. The van der Waals surface area contributed by atoms with Crippen LogP contribution in [-0.4, -0.2) is 43.0 Å². The molecule has 1 saturated carbocycles. The number of Topliss-reactive ketones (excluding diaryl/α,β-unsaturated/α-hetero) is 1. The van der Waals surface area contributed by atoms with Crippen LogP contribution in [-0.2, 0) is 4.74 Å². The number of halogens is 2. The van der Waals surface area contributed by atoms with Crippen LogP contribution in [0, 0.1) is 0 Å². The fourth-order valence-electron chi connectivity index (χ4n) is 3.26. The molecule has 7 heteroatoms. The largest absolute Gasteiger partial charge is 0.444 e. The molecule has 0 heterocycles. The number of nitrogens with zero attached hydrogens (tertiary/aromatic N) is 1. The molecule has 0 aliphatic heterocycles. The van der Waals surface area contributed by atoms with Gasteiger partial charge < -0.3 is 15.0 Å². The fraction of sp³-hybridized carbons (Fsp3) is 0.619. The highest BCUT2D eigenvalue weighted by Crippen LogP contribution is 2.36. The molecule has 0 spiro atoms. The lowest BCUT2D eigenvalue weighted by Crippen LogP contribution is -2.38. The van der Waals surface area contributed by atoms with Crippen molar-refractivity contribution < 1.29 is 23.1 Å². The Balaban J connectivity index is 1.89. The fourth-order valence-corrected chi connectivity index (χ4v) is 3.26. The molecular formula is C21H30F2N2O3. The van der Waals surface area contributed by atoms with Crippen LogP contribution in [0.3, 0.4) is 0 Å². The zero-order chi connectivity index (χ0) is 20.9. The third-order valence-corrected chi connectivity index (χ3v) is 4.83. The van der Waals surface area contributed by atoms with Gasteiger partial charge in [0.05, 0.1) is 0 Å². The molecule has 0 saturated heterocycles. The Morgan fingerprint density at radius 3 is 2.50 bits per heavy atom.